The maximum Gasteiger partial charge on any atom is 0.338 e. The molecule has 134 valence electrons. The number of carbonyl (C=O) groups excluding carboxylic acids is 1. The van der Waals surface area contributed by atoms with E-state index in [9.17, 15) is 4.79 Å². The summed E-state index contributed by atoms with van der Waals surface area (Å²) in [6.07, 6.45) is 6.27. The van der Waals surface area contributed by atoms with Gasteiger partial charge in [-0.05, 0) is 55.6 Å². The molecule has 0 saturated heterocycles. The molecule has 4 heteroatoms. The minimum Gasteiger partial charge on any atom is -0.462 e. The standard InChI is InChI=1S/C20H32O3Si/c1-7-22-19(21)18-14-12-17(13-15-18)11-9-8-10-16-23-24(5,6)20(2,3)4/h9,11-15H,7-8,10,16H2,1-6H3/b11-9+. The van der Waals surface area contributed by atoms with Gasteiger partial charge in [0.2, 0.25) is 0 Å². The van der Waals surface area contributed by atoms with E-state index >= 15 is 0 Å². The first kappa shape index (κ1) is 20.7. The van der Waals surface area contributed by atoms with Gasteiger partial charge in [-0.2, -0.15) is 0 Å². The van der Waals surface area contributed by atoms with Gasteiger partial charge >= 0.3 is 5.97 Å². The quantitative estimate of drug-likeness (QED) is 0.344. The van der Waals surface area contributed by atoms with Crippen LogP contribution >= 0.6 is 0 Å². The van der Waals surface area contributed by atoms with Crippen molar-refractivity contribution in [2.45, 2.75) is 58.7 Å². The second-order valence-corrected chi connectivity index (χ2v) is 12.3. The van der Waals surface area contributed by atoms with E-state index in [-0.39, 0.29) is 11.0 Å². The molecule has 0 bridgehead atoms. The number of rotatable bonds is 8. The first-order chi connectivity index (χ1) is 11.2. The number of hydrogen-bond acceptors (Lipinski definition) is 3. The SMILES string of the molecule is CCOC(=O)c1ccc(/C=C/CCCO[Si](C)(C)C(C)(C)C)cc1. The van der Waals surface area contributed by atoms with Crippen molar-refractivity contribution >= 4 is 20.4 Å². The van der Waals surface area contributed by atoms with Crippen molar-refractivity contribution in [3.63, 3.8) is 0 Å². The number of benzene rings is 1. The lowest BCUT2D eigenvalue weighted by atomic mass is 10.1. The van der Waals surface area contributed by atoms with Gasteiger partial charge in [-0.15, -0.1) is 0 Å². The normalized spacial score (nSPS) is 12.6. The molecule has 0 atom stereocenters. The molecule has 1 aromatic rings. The van der Waals surface area contributed by atoms with Gasteiger partial charge in [0.05, 0.1) is 12.2 Å². The first-order valence-corrected chi connectivity index (χ1v) is 11.7. The Morgan fingerprint density at radius 1 is 1.17 bits per heavy atom. The minimum absolute atomic E-state index is 0.267. The minimum atomic E-state index is -1.62. The van der Waals surface area contributed by atoms with Crippen molar-refractivity contribution in [2.75, 3.05) is 13.2 Å². The molecule has 0 aromatic heterocycles. The van der Waals surface area contributed by atoms with Gasteiger partial charge in [0, 0.05) is 6.61 Å². The van der Waals surface area contributed by atoms with E-state index in [0.29, 0.717) is 12.2 Å². The topological polar surface area (TPSA) is 35.5 Å². The number of hydrogen-bond donors (Lipinski definition) is 0. The molecular weight excluding hydrogens is 316 g/mol. The Morgan fingerprint density at radius 2 is 1.79 bits per heavy atom. The molecular formula is C20H32O3Si. The summed E-state index contributed by atoms with van der Waals surface area (Å²) >= 11 is 0. The molecule has 0 aliphatic rings. The van der Waals surface area contributed by atoms with Crippen LogP contribution in [0.4, 0.5) is 0 Å². The van der Waals surface area contributed by atoms with E-state index in [4.69, 9.17) is 9.16 Å². The van der Waals surface area contributed by atoms with Crippen LogP contribution in [0.2, 0.25) is 18.1 Å². The van der Waals surface area contributed by atoms with E-state index in [1.165, 1.54) is 0 Å². The molecule has 0 spiro atoms. The van der Waals surface area contributed by atoms with Gasteiger partial charge in [0.1, 0.15) is 0 Å². The van der Waals surface area contributed by atoms with Gasteiger partial charge in [-0.3, -0.25) is 0 Å². The summed E-state index contributed by atoms with van der Waals surface area (Å²) in [6.45, 7) is 14.4. The fourth-order valence-electron chi connectivity index (χ4n) is 1.91. The molecule has 0 unspecified atom stereocenters. The molecule has 0 fully saturated rings. The van der Waals surface area contributed by atoms with Crippen molar-refractivity contribution in [3.05, 3.63) is 41.5 Å². The highest BCUT2D eigenvalue weighted by atomic mass is 28.4. The molecule has 0 aliphatic carbocycles. The number of carbonyl (C=O) groups is 1. The van der Waals surface area contributed by atoms with Crippen LogP contribution in [0.15, 0.2) is 30.3 Å². The van der Waals surface area contributed by atoms with Gasteiger partial charge in [-0.1, -0.05) is 45.1 Å². The van der Waals surface area contributed by atoms with Crippen molar-refractivity contribution in [1.82, 2.24) is 0 Å². The zero-order valence-corrected chi connectivity index (χ0v) is 17.0. The average molecular weight is 349 g/mol. The maximum absolute atomic E-state index is 11.6. The van der Waals surface area contributed by atoms with Crippen molar-refractivity contribution in [3.8, 4) is 0 Å². The highest BCUT2D eigenvalue weighted by Gasteiger charge is 2.36. The van der Waals surface area contributed by atoms with Crippen LogP contribution in [-0.2, 0) is 9.16 Å². The van der Waals surface area contributed by atoms with E-state index < -0.39 is 8.32 Å². The predicted molar refractivity (Wildman–Crippen MR) is 104 cm³/mol. The van der Waals surface area contributed by atoms with Gasteiger partial charge < -0.3 is 9.16 Å². The van der Waals surface area contributed by atoms with Crippen molar-refractivity contribution < 1.29 is 14.0 Å². The van der Waals surface area contributed by atoms with Crippen LogP contribution in [0.5, 0.6) is 0 Å². The molecule has 0 amide bonds. The Bertz CT molecular complexity index is 539. The second-order valence-electron chi connectivity index (χ2n) is 7.50. The average Bonchev–Trinajstić information content (AvgIpc) is 2.50. The Labute approximate surface area is 148 Å². The van der Waals surface area contributed by atoms with Crippen LogP contribution < -0.4 is 0 Å². The van der Waals surface area contributed by atoms with Gasteiger partial charge in [0.15, 0.2) is 8.32 Å². The Kier molecular flexibility index (Phi) is 7.90. The zero-order chi connectivity index (χ0) is 18.2. The van der Waals surface area contributed by atoms with E-state index in [1.54, 1.807) is 12.1 Å². The van der Waals surface area contributed by atoms with Gasteiger partial charge in [-0.25, -0.2) is 4.79 Å². The van der Waals surface area contributed by atoms with Gasteiger partial charge in [0.25, 0.3) is 0 Å². The van der Waals surface area contributed by atoms with E-state index in [0.717, 1.165) is 25.0 Å². The summed E-state index contributed by atoms with van der Waals surface area (Å²) in [5, 5.41) is 0.267. The molecule has 3 nitrogen and oxygen atoms in total. The zero-order valence-electron chi connectivity index (χ0n) is 16.0. The van der Waals surface area contributed by atoms with Crippen LogP contribution in [0, 0.1) is 0 Å². The molecule has 0 aliphatic heterocycles. The lowest BCUT2D eigenvalue weighted by Crippen LogP contribution is -2.40. The van der Waals surface area contributed by atoms with Crippen LogP contribution in [0.3, 0.4) is 0 Å². The number of ether oxygens (including phenoxy) is 1. The monoisotopic (exact) mass is 348 g/mol. The molecule has 24 heavy (non-hydrogen) atoms. The molecule has 1 aromatic carbocycles. The lowest BCUT2D eigenvalue weighted by molar-refractivity contribution is 0.0526. The van der Waals surface area contributed by atoms with Crippen molar-refractivity contribution in [2.24, 2.45) is 0 Å². The smallest absolute Gasteiger partial charge is 0.338 e. The Morgan fingerprint density at radius 3 is 2.33 bits per heavy atom. The third kappa shape index (κ3) is 6.61. The summed E-state index contributed by atoms with van der Waals surface area (Å²) in [4.78, 5) is 11.6. The fourth-order valence-corrected chi connectivity index (χ4v) is 3.00. The Hall–Kier alpha value is -1.39. The molecule has 0 N–H and O–H groups in total. The molecule has 0 radical (unpaired) electrons. The summed E-state index contributed by atoms with van der Waals surface area (Å²) in [6, 6.07) is 7.49. The highest BCUT2D eigenvalue weighted by Crippen LogP contribution is 2.36. The number of unbranched alkanes of at least 4 members (excludes halogenated alkanes) is 1. The van der Waals surface area contributed by atoms with Crippen molar-refractivity contribution in [1.29, 1.82) is 0 Å². The highest BCUT2D eigenvalue weighted by molar-refractivity contribution is 6.74. The molecule has 0 heterocycles. The Balaban J connectivity index is 2.37. The third-order valence-corrected chi connectivity index (χ3v) is 9.05. The summed E-state index contributed by atoms with van der Waals surface area (Å²) < 4.78 is 11.1. The summed E-state index contributed by atoms with van der Waals surface area (Å²) in [5.74, 6) is -0.268. The summed E-state index contributed by atoms with van der Waals surface area (Å²) in [5.41, 5.74) is 1.69. The third-order valence-electron chi connectivity index (χ3n) is 4.52. The largest absolute Gasteiger partial charge is 0.462 e. The number of allylic oxidation sites excluding steroid dienone is 1. The predicted octanol–water partition coefficient (Wildman–Crippen LogP) is 5.68. The van der Waals surface area contributed by atoms with Crippen LogP contribution in [0.25, 0.3) is 6.08 Å². The first-order valence-electron chi connectivity index (χ1n) is 8.75. The summed E-state index contributed by atoms with van der Waals surface area (Å²) in [7, 11) is -1.62. The maximum atomic E-state index is 11.6. The van der Waals surface area contributed by atoms with Crippen LogP contribution in [-0.4, -0.2) is 27.5 Å². The van der Waals surface area contributed by atoms with E-state index in [1.807, 2.05) is 19.1 Å². The fraction of sp³-hybridized carbons (Fsp3) is 0.550. The lowest BCUT2D eigenvalue weighted by Gasteiger charge is -2.36. The van der Waals surface area contributed by atoms with E-state index in [2.05, 4.69) is 46.0 Å². The molecule has 1 rings (SSSR count). The number of esters is 1. The molecule has 0 saturated carbocycles. The second kappa shape index (κ2) is 9.18. The van der Waals surface area contributed by atoms with Crippen LogP contribution in [0.1, 0.15) is 56.5 Å².